The number of hydrogen-bond donors (Lipinski definition) is 1. The van der Waals surface area contributed by atoms with Gasteiger partial charge >= 0.3 is 5.97 Å². The Morgan fingerprint density at radius 1 is 1.38 bits per heavy atom. The van der Waals surface area contributed by atoms with Crippen LogP contribution in [-0.4, -0.2) is 24.2 Å². The van der Waals surface area contributed by atoms with Crippen LogP contribution in [0.5, 0.6) is 0 Å². The molecular weight excluding hydrogens is 262 g/mol. The maximum atomic E-state index is 12.2. The van der Waals surface area contributed by atoms with Crippen molar-refractivity contribution < 1.29 is 9.53 Å². The van der Waals surface area contributed by atoms with E-state index in [0.29, 0.717) is 18.4 Å². The highest BCUT2D eigenvalue weighted by Crippen LogP contribution is 2.28. The highest BCUT2D eigenvalue weighted by atomic mass is 16.5. The Labute approximate surface area is 128 Å². The van der Waals surface area contributed by atoms with Gasteiger partial charge in [0.05, 0.1) is 0 Å². The van der Waals surface area contributed by atoms with Crippen LogP contribution < -0.4 is 5.32 Å². The lowest BCUT2D eigenvalue weighted by Gasteiger charge is -2.41. The molecule has 0 aromatic heterocycles. The number of hydrogen-bond acceptors (Lipinski definition) is 3. The Bertz CT molecular complexity index is 411. The van der Waals surface area contributed by atoms with E-state index >= 15 is 0 Å². The molecule has 3 atom stereocenters. The van der Waals surface area contributed by atoms with E-state index in [1.807, 2.05) is 6.92 Å². The van der Waals surface area contributed by atoms with Gasteiger partial charge in [-0.05, 0) is 38.0 Å². The zero-order valence-corrected chi connectivity index (χ0v) is 13.6. The first-order valence-corrected chi connectivity index (χ1v) is 8.37. The smallest absolute Gasteiger partial charge is 0.326 e. The van der Waals surface area contributed by atoms with Gasteiger partial charge in [-0.3, -0.25) is 10.1 Å². The van der Waals surface area contributed by atoms with Crippen LogP contribution in [0.15, 0.2) is 24.3 Å². The summed E-state index contributed by atoms with van der Waals surface area (Å²) in [7, 11) is 0. The number of carbonyl (C=O) groups excluding carboxylic acids is 1. The molecule has 0 bridgehead atoms. The van der Waals surface area contributed by atoms with Gasteiger partial charge in [-0.2, -0.15) is 0 Å². The van der Waals surface area contributed by atoms with Crippen LogP contribution in [0, 0.1) is 11.8 Å². The van der Waals surface area contributed by atoms with Crippen molar-refractivity contribution in [1.82, 2.24) is 5.32 Å². The Morgan fingerprint density at radius 2 is 2.14 bits per heavy atom. The predicted molar refractivity (Wildman–Crippen MR) is 86.0 cm³/mol. The third-order valence-electron chi connectivity index (χ3n) is 5.09. The van der Waals surface area contributed by atoms with Gasteiger partial charge < -0.3 is 4.74 Å². The number of rotatable bonds is 6. The van der Waals surface area contributed by atoms with E-state index in [1.54, 1.807) is 0 Å². The van der Waals surface area contributed by atoms with Crippen LogP contribution >= 0.6 is 0 Å². The van der Waals surface area contributed by atoms with Crippen molar-refractivity contribution in [2.45, 2.75) is 64.5 Å². The summed E-state index contributed by atoms with van der Waals surface area (Å²) in [6.45, 7) is 6.95. The minimum atomic E-state index is -0.527. The third-order valence-corrected chi connectivity index (χ3v) is 5.09. The lowest BCUT2D eigenvalue weighted by molar-refractivity contribution is -0.159. The molecule has 3 nitrogen and oxygen atoms in total. The molecule has 1 unspecified atom stereocenters. The van der Waals surface area contributed by atoms with E-state index < -0.39 is 5.54 Å². The van der Waals surface area contributed by atoms with Gasteiger partial charge in [0, 0.05) is 6.04 Å². The zero-order valence-electron chi connectivity index (χ0n) is 13.6. The molecule has 1 heterocycles. The number of allylic oxidation sites excluding steroid dienone is 3. The second-order valence-electron chi connectivity index (χ2n) is 6.62. The van der Waals surface area contributed by atoms with Gasteiger partial charge in [-0.15, -0.1) is 0 Å². The summed E-state index contributed by atoms with van der Waals surface area (Å²) in [5, 5.41) is 3.59. The molecule has 0 aromatic carbocycles. The van der Waals surface area contributed by atoms with E-state index in [4.69, 9.17) is 4.74 Å². The highest BCUT2D eigenvalue weighted by molar-refractivity contribution is 5.81. The highest BCUT2D eigenvalue weighted by Gasteiger charge is 2.42. The van der Waals surface area contributed by atoms with Crippen molar-refractivity contribution in [2.24, 2.45) is 11.8 Å². The summed E-state index contributed by atoms with van der Waals surface area (Å²) in [6, 6.07) is 0.232. The minimum Gasteiger partial charge on any atom is -0.463 e. The fourth-order valence-corrected chi connectivity index (χ4v) is 3.33. The molecule has 21 heavy (non-hydrogen) atoms. The SMILES string of the molecule is CCC(CC)CC[C@]1(C)N[C@@H](C2C=CC=CC2)COC1=O. The molecule has 0 amide bonds. The number of carbonyl (C=O) groups is 1. The Hall–Kier alpha value is -1.09. The normalized spacial score (nSPS) is 32.5. The summed E-state index contributed by atoms with van der Waals surface area (Å²) in [6.07, 6.45) is 13.9. The van der Waals surface area contributed by atoms with Gasteiger partial charge in [-0.1, -0.05) is 51.0 Å². The number of nitrogens with one attached hydrogen (secondary N) is 1. The van der Waals surface area contributed by atoms with E-state index in [2.05, 4.69) is 43.5 Å². The molecular formula is C18H29NO2. The Kier molecular flexibility index (Phi) is 5.63. The van der Waals surface area contributed by atoms with E-state index in [9.17, 15) is 4.79 Å². The summed E-state index contributed by atoms with van der Waals surface area (Å²) in [5.41, 5.74) is -0.527. The van der Waals surface area contributed by atoms with Crippen molar-refractivity contribution in [3.63, 3.8) is 0 Å². The van der Waals surface area contributed by atoms with E-state index in [1.165, 1.54) is 12.8 Å². The average Bonchev–Trinajstić information content (AvgIpc) is 2.52. The standard InChI is InChI=1S/C18H29NO2/c1-4-14(5-2)11-12-18(3)17(20)21-13-16(19-18)15-9-7-6-8-10-15/h6-9,14-16,19H,4-5,10-13H2,1-3H3/t15?,16-,18+/m1/s1. The molecule has 0 spiro atoms. The first-order valence-electron chi connectivity index (χ1n) is 8.37. The molecule has 118 valence electrons. The van der Waals surface area contributed by atoms with Gasteiger partial charge in [0.25, 0.3) is 0 Å². The molecule has 2 aliphatic rings. The van der Waals surface area contributed by atoms with Crippen molar-refractivity contribution in [2.75, 3.05) is 6.61 Å². The fraction of sp³-hybridized carbons (Fsp3) is 0.722. The molecule has 1 N–H and O–H groups in total. The molecule has 3 heteroatoms. The van der Waals surface area contributed by atoms with Crippen LogP contribution in [0.3, 0.4) is 0 Å². The number of ether oxygens (including phenoxy) is 1. The van der Waals surface area contributed by atoms with E-state index in [0.717, 1.165) is 19.3 Å². The largest absolute Gasteiger partial charge is 0.463 e. The predicted octanol–water partition coefficient (Wildman–Crippen LogP) is 3.61. The lowest BCUT2D eigenvalue weighted by Crippen LogP contribution is -2.62. The molecule has 1 saturated heterocycles. The van der Waals surface area contributed by atoms with Crippen molar-refractivity contribution in [1.29, 1.82) is 0 Å². The molecule has 0 radical (unpaired) electrons. The number of morpholine rings is 1. The summed E-state index contributed by atoms with van der Waals surface area (Å²) >= 11 is 0. The zero-order chi connectivity index (χ0) is 15.3. The molecule has 1 aliphatic heterocycles. The molecule has 1 aliphatic carbocycles. The van der Waals surface area contributed by atoms with Gasteiger partial charge in [-0.25, -0.2) is 0 Å². The van der Waals surface area contributed by atoms with Gasteiger partial charge in [0.15, 0.2) is 0 Å². The lowest BCUT2D eigenvalue weighted by atomic mass is 9.84. The van der Waals surface area contributed by atoms with Crippen LogP contribution in [0.25, 0.3) is 0 Å². The van der Waals surface area contributed by atoms with Crippen molar-refractivity contribution in [3.05, 3.63) is 24.3 Å². The first kappa shape index (κ1) is 16.3. The summed E-state index contributed by atoms with van der Waals surface area (Å²) < 4.78 is 5.50. The maximum Gasteiger partial charge on any atom is 0.326 e. The van der Waals surface area contributed by atoms with Crippen molar-refractivity contribution >= 4 is 5.97 Å². The quantitative estimate of drug-likeness (QED) is 0.760. The first-order chi connectivity index (χ1) is 10.1. The van der Waals surface area contributed by atoms with E-state index in [-0.39, 0.29) is 12.0 Å². The summed E-state index contributed by atoms with van der Waals surface area (Å²) in [4.78, 5) is 12.2. The second kappa shape index (κ2) is 7.26. The average molecular weight is 291 g/mol. The Balaban J connectivity index is 1.97. The number of cyclic esters (lactones) is 1. The number of esters is 1. The van der Waals surface area contributed by atoms with Crippen LogP contribution in [0.1, 0.15) is 52.9 Å². The second-order valence-corrected chi connectivity index (χ2v) is 6.62. The van der Waals surface area contributed by atoms with Crippen LogP contribution in [0.4, 0.5) is 0 Å². The molecule has 2 rings (SSSR count). The fourth-order valence-electron chi connectivity index (χ4n) is 3.33. The monoisotopic (exact) mass is 291 g/mol. The minimum absolute atomic E-state index is 0.0833. The van der Waals surface area contributed by atoms with Crippen LogP contribution in [-0.2, 0) is 9.53 Å². The Morgan fingerprint density at radius 3 is 2.76 bits per heavy atom. The summed E-state index contributed by atoms with van der Waals surface area (Å²) in [5.74, 6) is 1.05. The van der Waals surface area contributed by atoms with Gasteiger partial charge in [0.1, 0.15) is 12.1 Å². The van der Waals surface area contributed by atoms with Crippen LogP contribution in [0.2, 0.25) is 0 Å². The molecule has 0 saturated carbocycles. The third kappa shape index (κ3) is 3.97. The van der Waals surface area contributed by atoms with Gasteiger partial charge in [0.2, 0.25) is 0 Å². The maximum absolute atomic E-state index is 12.2. The van der Waals surface area contributed by atoms with Crippen molar-refractivity contribution in [3.8, 4) is 0 Å². The molecule has 0 aromatic rings. The molecule has 1 fully saturated rings. The topological polar surface area (TPSA) is 38.3 Å².